The van der Waals surface area contributed by atoms with Crippen LogP contribution in [-0.2, 0) is 6.18 Å². The van der Waals surface area contributed by atoms with E-state index in [9.17, 15) is 13.2 Å². The molecule has 8 heteroatoms. The molecule has 1 fully saturated rings. The number of halogens is 4. The first kappa shape index (κ1) is 15.0. The van der Waals surface area contributed by atoms with Crippen LogP contribution in [0.5, 0.6) is 0 Å². The fourth-order valence-corrected chi connectivity index (χ4v) is 1.80. The Kier molecular flexibility index (Phi) is 4.75. The van der Waals surface area contributed by atoms with Crippen LogP contribution in [0.15, 0.2) is 12.4 Å². The fraction of sp³-hybridized carbons (Fsp3) is 0.600. The molecule has 0 radical (unpaired) electrons. The molecular formula is C10H14ClF3N4. The largest absolute Gasteiger partial charge is 0.434 e. The Morgan fingerprint density at radius 2 is 2.06 bits per heavy atom. The number of piperazine rings is 1. The van der Waals surface area contributed by atoms with Gasteiger partial charge in [0.25, 0.3) is 0 Å². The molecule has 1 aromatic rings. The molecule has 102 valence electrons. The maximum absolute atomic E-state index is 12.3. The van der Waals surface area contributed by atoms with Gasteiger partial charge in [-0.15, -0.1) is 12.4 Å². The van der Waals surface area contributed by atoms with Gasteiger partial charge in [-0.2, -0.15) is 13.2 Å². The zero-order valence-corrected chi connectivity index (χ0v) is 10.6. The average molecular weight is 283 g/mol. The summed E-state index contributed by atoms with van der Waals surface area (Å²) in [5.74, 6) is 0.493. The van der Waals surface area contributed by atoms with E-state index in [0.717, 1.165) is 25.8 Å². The van der Waals surface area contributed by atoms with Crippen molar-refractivity contribution in [3.8, 4) is 0 Å². The first-order valence-corrected chi connectivity index (χ1v) is 5.35. The Labute approximate surface area is 109 Å². The molecule has 0 aliphatic carbocycles. The minimum absolute atomic E-state index is 0. The molecular weight excluding hydrogens is 269 g/mol. The second-order valence-electron chi connectivity index (χ2n) is 4.00. The summed E-state index contributed by atoms with van der Waals surface area (Å²) in [4.78, 5) is 9.19. The maximum atomic E-state index is 12.3. The Balaban J connectivity index is 0.00000162. The smallest absolute Gasteiger partial charge is 0.350 e. The van der Waals surface area contributed by atoms with Crippen molar-refractivity contribution < 1.29 is 13.2 Å². The topological polar surface area (TPSA) is 41.0 Å². The summed E-state index contributed by atoms with van der Waals surface area (Å²) in [6, 6.07) is 0.204. The molecule has 2 rings (SSSR count). The standard InChI is InChI=1S/C10H13F3N4.ClH/c1-7-4-14-2-3-17(7)9-6-15-8(5-16-9)10(11,12)13;/h5-7,14H,2-4H2,1H3;1H. The van der Waals surface area contributed by atoms with Crippen molar-refractivity contribution in [3.63, 3.8) is 0 Å². The third kappa shape index (κ3) is 3.23. The number of nitrogens with zero attached hydrogens (tertiary/aromatic N) is 3. The summed E-state index contributed by atoms with van der Waals surface area (Å²) in [5, 5.41) is 3.20. The third-order valence-electron chi connectivity index (χ3n) is 2.72. The molecule has 1 aliphatic heterocycles. The summed E-state index contributed by atoms with van der Waals surface area (Å²) < 4.78 is 36.9. The lowest BCUT2D eigenvalue weighted by atomic mass is 10.2. The molecule has 1 saturated heterocycles. The summed E-state index contributed by atoms with van der Waals surface area (Å²) in [5.41, 5.74) is -0.955. The molecule has 0 spiro atoms. The van der Waals surface area contributed by atoms with Crippen LogP contribution in [0.1, 0.15) is 12.6 Å². The van der Waals surface area contributed by atoms with Crippen LogP contribution in [0.25, 0.3) is 0 Å². The van der Waals surface area contributed by atoms with E-state index >= 15 is 0 Å². The van der Waals surface area contributed by atoms with Crippen molar-refractivity contribution in [1.82, 2.24) is 15.3 Å². The van der Waals surface area contributed by atoms with Crippen molar-refractivity contribution in [1.29, 1.82) is 0 Å². The summed E-state index contributed by atoms with van der Waals surface area (Å²) in [6.07, 6.45) is -2.46. The van der Waals surface area contributed by atoms with Gasteiger partial charge in [0.2, 0.25) is 0 Å². The zero-order chi connectivity index (χ0) is 12.5. The van der Waals surface area contributed by atoms with Gasteiger partial charge in [0, 0.05) is 25.7 Å². The van der Waals surface area contributed by atoms with Crippen molar-refractivity contribution >= 4 is 18.2 Å². The quantitative estimate of drug-likeness (QED) is 0.851. The highest BCUT2D eigenvalue weighted by molar-refractivity contribution is 5.85. The highest BCUT2D eigenvalue weighted by Gasteiger charge is 2.33. The Morgan fingerprint density at radius 3 is 2.56 bits per heavy atom. The molecule has 2 heterocycles. The van der Waals surface area contributed by atoms with Crippen LogP contribution in [-0.4, -0.2) is 35.6 Å². The van der Waals surface area contributed by atoms with Crippen LogP contribution in [0.2, 0.25) is 0 Å². The van der Waals surface area contributed by atoms with Crippen LogP contribution in [0.3, 0.4) is 0 Å². The zero-order valence-electron chi connectivity index (χ0n) is 9.74. The van der Waals surface area contributed by atoms with Gasteiger partial charge in [-0.1, -0.05) is 0 Å². The van der Waals surface area contributed by atoms with Crippen molar-refractivity contribution in [2.45, 2.75) is 19.1 Å². The molecule has 18 heavy (non-hydrogen) atoms. The fourth-order valence-electron chi connectivity index (χ4n) is 1.80. The predicted molar refractivity (Wildman–Crippen MR) is 64.0 cm³/mol. The normalized spacial score (nSPS) is 20.4. The molecule has 1 aliphatic rings. The summed E-state index contributed by atoms with van der Waals surface area (Å²) >= 11 is 0. The summed E-state index contributed by atoms with van der Waals surface area (Å²) in [7, 11) is 0. The number of anilines is 1. The van der Waals surface area contributed by atoms with E-state index in [1.165, 1.54) is 6.20 Å². The number of aromatic nitrogens is 2. The third-order valence-corrected chi connectivity index (χ3v) is 2.72. The lowest BCUT2D eigenvalue weighted by Gasteiger charge is -2.34. The van der Waals surface area contributed by atoms with Gasteiger partial charge in [-0.3, -0.25) is 0 Å². The van der Waals surface area contributed by atoms with Gasteiger partial charge in [-0.25, -0.2) is 9.97 Å². The summed E-state index contributed by atoms with van der Waals surface area (Å²) in [6.45, 7) is 4.31. The molecule has 0 saturated carbocycles. The number of alkyl halides is 3. The van der Waals surface area contributed by atoms with Gasteiger partial charge in [-0.05, 0) is 6.92 Å². The van der Waals surface area contributed by atoms with E-state index in [4.69, 9.17) is 0 Å². The highest BCUT2D eigenvalue weighted by Crippen LogP contribution is 2.27. The van der Waals surface area contributed by atoms with Crippen molar-refractivity contribution in [2.24, 2.45) is 0 Å². The van der Waals surface area contributed by atoms with E-state index in [-0.39, 0.29) is 18.4 Å². The molecule has 1 N–H and O–H groups in total. The Morgan fingerprint density at radius 1 is 1.33 bits per heavy atom. The van der Waals surface area contributed by atoms with Gasteiger partial charge >= 0.3 is 6.18 Å². The van der Waals surface area contributed by atoms with Crippen molar-refractivity contribution in [3.05, 3.63) is 18.1 Å². The van der Waals surface area contributed by atoms with E-state index in [0.29, 0.717) is 5.82 Å². The first-order valence-electron chi connectivity index (χ1n) is 5.35. The molecule has 1 atom stereocenters. The van der Waals surface area contributed by atoms with Crippen LogP contribution in [0.4, 0.5) is 19.0 Å². The molecule has 0 aromatic carbocycles. The average Bonchev–Trinajstić information content (AvgIpc) is 2.29. The SMILES string of the molecule is CC1CNCCN1c1cnc(C(F)(F)F)cn1.Cl. The number of nitrogens with one attached hydrogen (secondary N) is 1. The molecule has 1 unspecified atom stereocenters. The second kappa shape index (κ2) is 5.71. The van der Waals surface area contributed by atoms with E-state index in [2.05, 4.69) is 15.3 Å². The molecule has 4 nitrogen and oxygen atoms in total. The monoisotopic (exact) mass is 282 g/mol. The molecule has 0 amide bonds. The van der Waals surface area contributed by atoms with Crippen molar-refractivity contribution in [2.75, 3.05) is 24.5 Å². The minimum Gasteiger partial charge on any atom is -0.350 e. The van der Waals surface area contributed by atoms with Gasteiger partial charge < -0.3 is 10.2 Å². The van der Waals surface area contributed by atoms with Gasteiger partial charge in [0.05, 0.1) is 12.4 Å². The number of rotatable bonds is 1. The highest BCUT2D eigenvalue weighted by atomic mass is 35.5. The molecule has 0 bridgehead atoms. The second-order valence-corrected chi connectivity index (χ2v) is 4.00. The lowest BCUT2D eigenvalue weighted by Crippen LogP contribution is -2.50. The van der Waals surface area contributed by atoms with Crippen LogP contribution < -0.4 is 10.2 Å². The number of hydrogen-bond acceptors (Lipinski definition) is 4. The first-order chi connectivity index (χ1) is 7.98. The van der Waals surface area contributed by atoms with E-state index < -0.39 is 11.9 Å². The Bertz CT molecular complexity index is 382. The van der Waals surface area contributed by atoms with E-state index in [1.54, 1.807) is 0 Å². The maximum Gasteiger partial charge on any atom is 0.434 e. The Hall–Kier alpha value is -1.08. The number of hydrogen-bond donors (Lipinski definition) is 1. The van der Waals surface area contributed by atoms with Gasteiger partial charge in [0.1, 0.15) is 5.82 Å². The van der Waals surface area contributed by atoms with E-state index in [1.807, 2.05) is 11.8 Å². The predicted octanol–water partition coefficient (Wildman–Crippen LogP) is 1.72. The minimum atomic E-state index is -4.43. The molecule has 1 aromatic heterocycles. The van der Waals surface area contributed by atoms with Crippen LogP contribution in [0, 0.1) is 0 Å². The van der Waals surface area contributed by atoms with Gasteiger partial charge in [0.15, 0.2) is 5.69 Å². The lowest BCUT2D eigenvalue weighted by molar-refractivity contribution is -0.141. The van der Waals surface area contributed by atoms with Crippen LogP contribution >= 0.6 is 12.4 Å².